The van der Waals surface area contributed by atoms with Crippen molar-refractivity contribution in [1.82, 2.24) is 0 Å². The Bertz CT molecular complexity index is 20.9. The van der Waals surface area contributed by atoms with Gasteiger partial charge in [0.15, 0.2) is 0 Å². The van der Waals surface area contributed by atoms with Crippen molar-refractivity contribution in [1.29, 1.82) is 0 Å². The summed E-state index contributed by atoms with van der Waals surface area (Å²) in [6.45, 7) is 3.35. The van der Waals surface area contributed by atoms with Gasteiger partial charge in [0.1, 0.15) is 0 Å². The minimum absolute atomic E-state index is 0. The molecule has 0 rings (SSSR count). The van der Waals surface area contributed by atoms with Crippen LogP contribution in [0.25, 0.3) is 0 Å². The molecule has 2 radical (unpaired) electrons. The SMILES string of the molecule is C=CCCl.[PbH2]. The summed E-state index contributed by atoms with van der Waals surface area (Å²) in [4.78, 5) is 0. The van der Waals surface area contributed by atoms with Crippen LogP contribution in [0, 0.1) is 0 Å². The molecule has 0 aliphatic carbocycles. The van der Waals surface area contributed by atoms with Gasteiger partial charge in [0, 0.05) is 5.88 Å². The predicted octanol–water partition coefficient (Wildman–Crippen LogP) is 0.495. The Kier molecular flexibility index (Phi) is 16.6. The quantitative estimate of drug-likeness (QED) is 0.374. The second-order valence-electron chi connectivity index (χ2n) is 0.443. The van der Waals surface area contributed by atoms with Crippen molar-refractivity contribution < 1.29 is 0 Å². The molecular formula is C3H7ClPb. The molecule has 0 amide bonds. The van der Waals surface area contributed by atoms with Crippen molar-refractivity contribution in [2.45, 2.75) is 0 Å². The van der Waals surface area contributed by atoms with Crippen LogP contribution < -0.4 is 0 Å². The third kappa shape index (κ3) is 11.3. The van der Waals surface area contributed by atoms with Crippen molar-refractivity contribution in [2.75, 3.05) is 5.88 Å². The molecule has 0 aromatic rings. The van der Waals surface area contributed by atoms with Crippen LogP contribution in [0.3, 0.4) is 0 Å². The Morgan fingerprint density at radius 2 is 2.00 bits per heavy atom. The van der Waals surface area contributed by atoms with Gasteiger partial charge in [-0.3, -0.25) is 0 Å². The third-order valence-corrected chi connectivity index (χ3v) is 0.327. The summed E-state index contributed by atoms with van der Waals surface area (Å²) in [5.41, 5.74) is 0. The van der Waals surface area contributed by atoms with Crippen molar-refractivity contribution >= 4 is 38.9 Å². The van der Waals surface area contributed by atoms with Crippen LogP contribution in [0.1, 0.15) is 0 Å². The fourth-order valence-electron chi connectivity index (χ4n) is 0. The molecule has 0 saturated heterocycles. The van der Waals surface area contributed by atoms with Crippen molar-refractivity contribution in [3.8, 4) is 0 Å². The van der Waals surface area contributed by atoms with E-state index in [9.17, 15) is 0 Å². The average molecular weight is 286 g/mol. The summed E-state index contributed by atoms with van der Waals surface area (Å²) in [7, 11) is 0. The van der Waals surface area contributed by atoms with Crippen LogP contribution in [0.2, 0.25) is 0 Å². The van der Waals surface area contributed by atoms with E-state index in [2.05, 4.69) is 6.58 Å². The molecule has 0 heterocycles. The van der Waals surface area contributed by atoms with Crippen molar-refractivity contribution in [2.24, 2.45) is 0 Å². The minimum atomic E-state index is 0. The molecule has 0 N–H and O–H groups in total. The normalized spacial score (nSPS) is 5.00. The Labute approximate surface area is 57.4 Å². The van der Waals surface area contributed by atoms with Gasteiger partial charge in [-0.15, -0.1) is 18.2 Å². The van der Waals surface area contributed by atoms with E-state index in [1.165, 1.54) is 0 Å². The van der Waals surface area contributed by atoms with Gasteiger partial charge in [-0.25, -0.2) is 0 Å². The number of halogens is 1. The van der Waals surface area contributed by atoms with Gasteiger partial charge in [0.25, 0.3) is 0 Å². The average Bonchev–Trinajstić information content (AvgIpc) is 1.37. The van der Waals surface area contributed by atoms with Crippen molar-refractivity contribution in [3.05, 3.63) is 12.7 Å². The van der Waals surface area contributed by atoms with E-state index in [-0.39, 0.29) is 27.3 Å². The Balaban J connectivity index is 0. The molecule has 0 aromatic heterocycles. The fraction of sp³-hybridized carbons (Fsp3) is 0.333. The van der Waals surface area contributed by atoms with Crippen molar-refractivity contribution in [3.63, 3.8) is 0 Å². The van der Waals surface area contributed by atoms with Crippen LogP contribution in [-0.4, -0.2) is 33.2 Å². The molecule has 0 nitrogen and oxygen atoms in total. The molecular weight excluding hydrogens is 279 g/mol. The zero-order valence-electron chi connectivity index (χ0n) is 3.08. The van der Waals surface area contributed by atoms with Crippen LogP contribution in [0.15, 0.2) is 12.7 Å². The maximum atomic E-state index is 5.07. The van der Waals surface area contributed by atoms with E-state index >= 15 is 0 Å². The van der Waals surface area contributed by atoms with Gasteiger partial charge >= 0.3 is 27.3 Å². The van der Waals surface area contributed by atoms with Gasteiger partial charge in [0.2, 0.25) is 0 Å². The molecule has 0 aliphatic rings. The summed E-state index contributed by atoms with van der Waals surface area (Å²) in [5.74, 6) is 0.556. The van der Waals surface area contributed by atoms with Crippen LogP contribution in [-0.2, 0) is 0 Å². The molecule has 0 bridgehead atoms. The van der Waals surface area contributed by atoms with Crippen LogP contribution in [0.4, 0.5) is 0 Å². The van der Waals surface area contributed by atoms with Crippen LogP contribution >= 0.6 is 11.6 Å². The van der Waals surface area contributed by atoms with E-state index in [0.717, 1.165) is 0 Å². The molecule has 2 heteroatoms. The number of rotatable bonds is 1. The van der Waals surface area contributed by atoms with E-state index in [1.54, 1.807) is 6.08 Å². The van der Waals surface area contributed by atoms with E-state index in [0.29, 0.717) is 5.88 Å². The zero-order valence-corrected chi connectivity index (χ0v) is 9.33. The number of alkyl halides is 1. The molecule has 0 aliphatic heterocycles. The van der Waals surface area contributed by atoms with E-state index < -0.39 is 0 Å². The summed E-state index contributed by atoms with van der Waals surface area (Å²) >= 11 is 5.07. The molecule has 0 atom stereocenters. The van der Waals surface area contributed by atoms with Gasteiger partial charge < -0.3 is 0 Å². The molecule has 0 aromatic carbocycles. The molecule has 0 unspecified atom stereocenters. The molecule has 0 fully saturated rings. The van der Waals surface area contributed by atoms with Gasteiger partial charge in [-0.2, -0.15) is 0 Å². The Hall–Kier alpha value is 0.952. The first-order valence-corrected chi connectivity index (χ1v) is 1.62. The first kappa shape index (κ1) is 9.35. The first-order valence-electron chi connectivity index (χ1n) is 1.08. The first-order chi connectivity index (χ1) is 1.91. The maximum absolute atomic E-state index is 5.07. The topological polar surface area (TPSA) is 0 Å². The summed E-state index contributed by atoms with van der Waals surface area (Å²) < 4.78 is 0. The second kappa shape index (κ2) is 8.88. The van der Waals surface area contributed by atoms with Gasteiger partial charge in [0.05, 0.1) is 0 Å². The van der Waals surface area contributed by atoms with Gasteiger partial charge in [-0.05, 0) is 0 Å². The molecule has 5 heavy (non-hydrogen) atoms. The molecule has 0 spiro atoms. The van der Waals surface area contributed by atoms with Crippen LogP contribution in [0.5, 0.6) is 0 Å². The zero-order chi connectivity index (χ0) is 3.41. The molecule has 0 saturated carbocycles. The number of hydrogen-bond acceptors (Lipinski definition) is 0. The van der Waals surface area contributed by atoms with E-state index in [4.69, 9.17) is 11.6 Å². The molecule has 30 valence electrons. The summed E-state index contributed by atoms with van der Waals surface area (Å²) in [6.07, 6.45) is 1.64. The fourth-order valence-corrected chi connectivity index (χ4v) is 0. The number of allylic oxidation sites excluding steroid dienone is 1. The third-order valence-electron chi connectivity index (χ3n) is 0.109. The Morgan fingerprint density at radius 1 is 1.80 bits per heavy atom. The number of hydrogen-bond donors (Lipinski definition) is 0. The van der Waals surface area contributed by atoms with E-state index in [1.807, 2.05) is 0 Å². The summed E-state index contributed by atoms with van der Waals surface area (Å²) in [5, 5.41) is 0. The standard InChI is InChI=1S/C3H5Cl.Pb.2H/c1-2-3-4;;;/h2H,1,3H2;;;. The van der Waals surface area contributed by atoms with Gasteiger partial charge in [-0.1, -0.05) is 6.08 Å². The monoisotopic (exact) mass is 286 g/mol. The predicted molar refractivity (Wildman–Crippen MR) is 29.5 cm³/mol. The summed E-state index contributed by atoms with van der Waals surface area (Å²) in [6, 6.07) is 0. The Morgan fingerprint density at radius 3 is 2.00 bits per heavy atom. The second-order valence-corrected chi connectivity index (χ2v) is 0.752.